The van der Waals surface area contributed by atoms with Crippen LogP contribution >= 0.6 is 11.6 Å². The Morgan fingerprint density at radius 1 is 1.18 bits per heavy atom. The van der Waals surface area contributed by atoms with Crippen LogP contribution in [0, 0.1) is 6.92 Å². The molecule has 0 bridgehead atoms. The number of anilines is 1. The number of aryl methyl sites for hydroxylation is 1. The Balaban J connectivity index is 0.000000500. The molecule has 6 nitrogen and oxygen atoms in total. The minimum atomic E-state index is 0.167. The second-order valence-electron chi connectivity index (χ2n) is 6.20. The zero-order valence-electron chi connectivity index (χ0n) is 16.0. The summed E-state index contributed by atoms with van der Waals surface area (Å²) in [4.78, 5) is 14.0. The van der Waals surface area contributed by atoms with Crippen LogP contribution < -0.4 is 20.1 Å². The number of methoxy groups -OCH3 is 1. The maximum absolute atomic E-state index is 9.44. The van der Waals surface area contributed by atoms with E-state index in [4.69, 9.17) is 21.1 Å². The molecule has 1 amide bonds. The highest BCUT2D eigenvalue weighted by molar-refractivity contribution is 6.34. The number of amides is 1. The average Bonchev–Trinajstić information content (AvgIpc) is 3.49. The Hall–Kier alpha value is -2.99. The number of halogens is 1. The van der Waals surface area contributed by atoms with Gasteiger partial charge in [-0.15, -0.1) is 0 Å². The number of nitrogens with one attached hydrogen (secondary N) is 2. The summed E-state index contributed by atoms with van der Waals surface area (Å²) in [6, 6.07) is 13.7. The van der Waals surface area contributed by atoms with Crippen LogP contribution in [0.15, 0.2) is 42.5 Å². The van der Waals surface area contributed by atoms with E-state index in [0.29, 0.717) is 23.9 Å². The Kier molecular flexibility index (Phi) is 6.21. The maximum Gasteiger partial charge on any atom is 0.239 e. The summed E-state index contributed by atoms with van der Waals surface area (Å²) in [5, 5.41) is 7.17. The predicted octanol–water partition coefficient (Wildman–Crippen LogP) is 3.94. The van der Waals surface area contributed by atoms with Gasteiger partial charge in [0.15, 0.2) is 0 Å². The van der Waals surface area contributed by atoms with Crippen LogP contribution in [0.4, 0.5) is 5.69 Å². The smallest absolute Gasteiger partial charge is 0.239 e. The topological polar surface area (TPSA) is 82.4 Å². The zero-order valence-corrected chi connectivity index (χ0v) is 16.8. The summed E-state index contributed by atoms with van der Waals surface area (Å²) in [5.41, 5.74) is 3.43. The first-order valence-corrected chi connectivity index (χ1v) is 9.20. The number of para-hydroxylation sites is 1. The van der Waals surface area contributed by atoms with Crippen LogP contribution in [0.2, 0.25) is 5.02 Å². The molecular formula is C21H22ClN3O3. The molecule has 146 valence electrons. The summed E-state index contributed by atoms with van der Waals surface area (Å²) >= 11 is 6.46. The fourth-order valence-electron chi connectivity index (χ4n) is 2.64. The van der Waals surface area contributed by atoms with Gasteiger partial charge in [-0.25, -0.2) is 4.98 Å². The van der Waals surface area contributed by atoms with Gasteiger partial charge in [-0.1, -0.05) is 29.8 Å². The average molecular weight is 400 g/mol. The van der Waals surface area contributed by atoms with Crippen molar-refractivity contribution in [3.05, 3.63) is 58.7 Å². The fourth-order valence-corrected chi connectivity index (χ4v) is 2.95. The minimum Gasteiger partial charge on any atom is -0.496 e. The monoisotopic (exact) mass is 399 g/mol. The van der Waals surface area contributed by atoms with Crippen LogP contribution in [-0.4, -0.2) is 31.6 Å². The second kappa shape index (κ2) is 8.80. The van der Waals surface area contributed by atoms with Crippen molar-refractivity contribution in [2.75, 3.05) is 26.0 Å². The van der Waals surface area contributed by atoms with E-state index in [1.54, 1.807) is 7.11 Å². The number of benzene rings is 2. The molecule has 0 unspecified atom stereocenters. The van der Waals surface area contributed by atoms with Crippen molar-refractivity contribution in [3.63, 3.8) is 0 Å². The van der Waals surface area contributed by atoms with E-state index in [1.165, 1.54) is 0 Å². The zero-order chi connectivity index (χ0) is 20.1. The summed E-state index contributed by atoms with van der Waals surface area (Å²) in [7, 11) is 3.45. The number of rotatable bonds is 5. The van der Waals surface area contributed by atoms with Gasteiger partial charge in [0.05, 0.1) is 29.9 Å². The van der Waals surface area contributed by atoms with Crippen molar-refractivity contribution < 1.29 is 14.3 Å². The lowest BCUT2D eigenvalue weighted by Gasteiger charge is -2.15. The third kappa shape index (κ3) is 4.64. The van der Waals surface area contributed by atoms with Crippen LogP contribution in [0.5, 0.6) is 11.5 Å². The molecule has 1 aliphatic heterocycles. The van der Waals surface area contributed by atoms with Crippen LogP contribution in [0.1, 0.15) is 11.3 Å². The highest BCUT2D eigenvalue weighted by Crippen LogP contribution is 2.34. The normalized spacial score (nSPS) is 11.9. The molecule has 1 saturated heterocycles. The number of hydrogen-bond acceptors (Lipinski definition) is 5. The first-order chi connectivity index (χ1) is 13.5. The highest BCUT2D eigenvalue weighted by atomic mass is 35.5. The largest absolute Gasteiger partial charge is 0.496 e. The Labute approximate surface area is 168 Å². The summed E-state index contributed by atoms with van der Waals surface area (Å²) in [5.74, 6) is 1.59. The van der Waals surface area contributed by atoms with Crippen molar-refractivity contribution in [3.8, 4) is 11.5 Å². The molecule has 2 heterocycles. The molecule has 0 spiro atoms. The van der Waals surface area contributed by atoms with E-state index in [2.05, 4.69) is 15.6 Å². The van der Waals surface area contributed by atoms with Gasteiger partial charge >= 0.3 is 0 Å². The first-order valence-electron chi connectivity index (χ1n) is 8.82. The quantitative estimate of drug-likeness (QED) is 0.635. The van der Waals surface area contributed by atoms with E-state index in [0.717, 1.165) is 33.6 Å². The Morgan fingerprint density at radius 3 is 2.57 bits per heavy atom. The number of nitrogens with zero attached hydrogens (tertiary/aromatic N) is 1. The van der Waals surface area contributed by atoms with Gasteiger partial charge in [0.1, 0.15) is 23.6 Å². The van der Waals surface area contributed by atoms with Crippen LogP contribution in [0.25, 0.3) is 10.9 Å². The molecule has 2 N–H and O–H groups in total. The van der Waals surface area contributed by atoms with Crippen molar-refractivity contribution >= 4 is 34.1 Å². The molecule has 0 saturated carbocycles. The van der Waals surface area contributed by atoms with E-state index < -0.39 is 0 Å². The number of hydrogen-bond donors (Lipinski definition) is 2. The number of aromatic nitrogens is 1. The van der Waals surface area contributed by atoms with Gasteiger partial charge in [0, 0.05) is 18.1 Å². The second-order valence-corrected chi connectivity index (χ2v) is 6.58. The Bertz CT molecular complexity index is 1000. The van der Waals surface area contributed by atoms with Crippen molar-refractivity contribution in [2.24, 2.45) is 0 Å². The molecule has 3 aromatic rings. The SMILES string of the molecule is CNc1ccc(OC)c(COc2cccc3ccc(C)nc23)c1Cl.O=C1CN1. The lowest BCUT2D eigenvalue weighted by atomic mass is 10.1. The fraction of sp³-hybridized carbons (Fsp3) is 0.238. The number of carbonyl (C=O) groups excluding carboxylic acids is 1. The van der Waals surface area contributed by atoms with Crippen LogP contribution in [-0.2, 0) is 11.4 Å². The van der Waals surface area contributed by atoms with Crippen molar-refractivity contribution in [1.82, 2.24) is 10.3 Å². The molecule has 4 rings (SSSR count). The summed E-state index contributed by atoms with van der Waals surface area (Å²) in [6.45, 7) is 2.86. The van der Waals surface area contributed by atoms with Crippen molar-refractivity contribution in [1.29, 1.82) is 0 Å². The van der Waals surface area contributed by atoms with E-state index in [-0.39, 0.29) is 5.91 Å². The number of fused-ring (bicyclic) bond motifs is 1. The first kappa shape index (κ1) is 19.8. The molecule has 1 aliphatic rings. The molecule has 2 aromatic carbocycles. The lowest BCUT2D eigenvalue weighted by Crippen LogP contribution is -2.03. The molecule has 0 aliphatic carbocycles. The number of pyridine rings is 1. The highest BCUT2D eigenvalue weighted by Gasteiger charge is 2.14. The molecule has 0 radical (unpaired) electrons. The van der Waals surface area contributed by atoms with Gasteiger partial charge < -0.3 is 20.1 Å². The van der Waals surface area contributed by atoms with Gasteiger partial charge in [0.2, 0.25) is 5.91 Å². The Morgan fingerprint density at radius 2 is 1.93 bits per heavy atom. The molecule has 0 atom stereocenters. The van der Waals surface area contributed by atoms with E-state index in [1.807, 2.05) is 56.4 Å². The minimum absolute atomic E-state index is 0.167. The number of carbonyl (C=O) groups is 1. The van der Waals surface area contributed by atoms with Gasteiger partial charge in [-0.05, 0) is 31.2 Å². The molecule has 7 heteroatoms. The molecule has 1 aromatic heterocycles. The van der Waals surface area contributed by atoms with E-state index >= 15 is 0 Å². The van der Waals surface area contributed by atoms with Gasteiger partial charge in [-0.2, -0.15) is 0 Å². The third-order valence-electron chi connectivity index (χ3n) is 4.21. The van der Waals surface area contributed by atoms with Gasteiger partial charge in [0.25, 0.3) is 0 Å². The third-order valence-corrected chi connectivity index (χ3v) is 4.64. The summed E-state index contributed by atoms with van der Waals surface area (Å²) in [6.07, 6.45) is 0. The van der Waals surface area contributed by atoms with Crippen molar-refractivity contribution in [2.45, 2.75) is 13.5 Å². The van der Waals surface area contributed by atoms with Gasteiger partial charge in [-0.3, -0.25) is 4.79 Å². The molecule has 1 fully saturated rings. The standard InChI is InChI=1S/C19H19ClN2O2.C2H3NO/c1-12-7-8-13-5-4-6-17(19(13)22-12)24-11-14-16(23-3)10-9-15(21-2)18(14)20;4-2-1-3-2/h4-10,21H,11H2,1-3H3;1H2,(H,3,4). The van der Waals surface area contributed by atoms with E-state index in [9.17, 15) is 4.79 Å². The molecule has 28 heavy (non-hydrogen) atoms. The predicted molar refractivity (Wildman–Crippen MR) is 111 cm³/mol. The number of ether oxygens (including phenoxy) is 2. The molecular weight excluding hydrogens is 378 g/mol. The van der Waals surface area contributed by atoms with Crippen LogP contribution in [0.3, 0.4) is 0 Å². The lowest BCUT2D eigenvalue weighted by molar-refractivity contribution is -0.110. The maximum atomic E-state index is 9.44. The summed E-state index contributed by atoms with van der Waals surface area (Å²) < 4.78 is 11.4.